The van der Waals surface area contributed by atoms with Gasteiger partial charge in [0, 0.05) is 12.1 Å². The van der Waals surface area contributed by atoms with Crippen LogP contribution in [0, 0.1) is 21.4 Å². The summed E-state index contributed by atoms with van der Waals surface area (Å²) in [7, 11) is 1.00. The van der Waals surface area contributed by atoms with E-state index in [1.807, 2.05) is 0 Å². The smallest absolute Gasteiger partial charge is 0.354 e. The number of nitrogens with zero attached hydrogens (tertiary/aromatic N) is 2. The number of nitriles is 1. The van der Waals surface area contributed by atoms with Gasteiger partial charge >= 0.3 is 5.97 Å². The molecule has 19 heavy (non-hydrogen) atoms. The Hall–Kier alpha value is -2.17. The molecule has 0 aliphatic rings. The van der Waals surface area contributed by atoms with Crippen LogP contribution in [-0.4, -0.2) is 28.7 Å². The highest BCUT2D eigenvalue weighted by molar-refractivity contribution is 6.23. The van der Waals surface area contributed by atoms with Crippen LogP contribution in [0.3, 0.4) is 0 Å². The van der Waals surface area contributed by atoms with Crippen LogP contribution in [0.25, 0.3) is 0 Å². The number of ether oxygens (including phenoxy) is 1. The first-order valence-electron chi connectivity index (χ1n) is 4.97. The number of aliphatic hydroxyl groups is 1. The van der Waals surface area contributed by atoms with Crippen molar-refractivity contribution in [1.29, 1.82) is 5.26 Å². The summed E-state index contributed by atoms with van der Waals surface area (Å²) in [5, 5.41) is 27.8. The van der Waals surface area contributed by atoms with Crippen molar-refractivity contribution in [3.8, 4) is 6.07 Å². The van der Waals surface area contributed by atoms with Gasteiger partial charge in [-0.3, -0.25) is 10.1 Å². The van der Waals surface area contributed by atoms with Gasteiger partial charge in [0.15, 0.2) is 0 Å². The predicted octanol–water partition coefficient (Wildman–Crippen LogP) is 1.30. The number of carbonyl (C=O) groups excluding carboxylic acids is 1. The highest BCUT2D eigenvalue weighted by Crippen LogP contribution is 2.33. The number of halogens is 1. The lowest BCUT2D eigenvalue weighted by molar-refractivity contribution is -0.384. The molecule has 1 N–H and O–H groups in total. The number of nitro benzene ring substituents is 1. The summed E-state index contributed by atoms with van der Waals surface area (Å²) >= 11 is 5.88. The molecule has 0 bridgehead atoms. The molecule has 8 heteroatoms. The minimum atomic E-state index is -2.56. The van der Waals surface area contributed by atoms with Crippen LogP contribution < -0.4 is 0 Å². The van der Waals surface area contributed by atoms with Gasteiger partial charge in [0.1, 0.15) is 11.4 Å². The summed E-state index contributed by atoms with van der Waals surface area (Å²) in [4.78, 5) is 21.2. The first-order valence-corrected chi connectivity index (χ1v) is 5.41. The Morgan fingerprint density at radius 2 is 2.11 bits per heavy atom. The molecule has 0 amide bonds. The number of alkyl halides is 1. The molecule has 0 aliphatic carbocycles. The number of rotatable bonds is 4. The molecule has 0 spiro atoms. The van der Waals surface area contributed by atoms with E-state index in [4.69, 9.17) is 16.9 Å². The Labute approximate surface area is 113 Å². The third kappa shape index (κ3) is 2.81. The predicted molar refractivity (Wildman–Crippen MR) is 64.3 cm³/mol. The molecule has 0 saturated carbocycles. The van der Waals surface area contributed by atoms with E-state index >= 15 is 0 Å². The fourth-order valence-electron chi connectivity index (χ4n) is 1.37. The monoisotopic (exact) mass is 284 g/mol. The zero-order valence-corrected chi connectivity index (χ0v) is 10.5. The van der Waals surface area contributed by atoms with Crippen LogP contribution in [0.1, 0.15) is 10.9 Å². The van der Waals surface area contributed by atoms with E-state index in [0.717, 1.165) is 19.2 Å². The number of esters is 1. The summed E-state index contributed by atoms with van der Waals surface area (Å²) < 4.78 is 4.31. The van der Waals surface area contributed by atoms with Gasteiger partial charge in [0.2, 0.25) is 0 Å². The standard InChI is InChI=1S/C11H9ClN2O5/c1-19-10(15)11(16,6-13)9(12)7-2-4-8(5-3-7)14(17)18/h2-5,9,16H,1H3. The van der Waals surface area contributed by atoms with Gasteiger partial charge in [-0.25, -0.2) is 4.79 Å². The van der Waals surface area contributed by atoms with E-state index in [1.165, 1.54) is 18.2 Å². The maximum absolute atomic E-state index is 11.4. The third-order valence-electron chi connectivity index (χ3n) is 2.43. The van der Waals surface area contributed by atoms with Crippen molar-refractivity contribution in [3.63, 3.8) is 0 Å². The van der Waals surface area contributed by atoms with Crippen molar-refractivity contribution >= 4 is 23.3 Å². The summed E-state index contributed by atoms with van der Waals surface area (Å²) in [5.74, 6) is -1.20. The normalized spacial score (nSPS) is 14.8. The van der Waals surface area contributed by atoms with Crippen molar-refractivity contribution in [1.82, 2.24) is 0 Å². The molecule has 2 unspecified atom stereocenters. The fraction of sp³-hybridized carbons (Fsp3) is 0.273. The molecule has 1 rings (SSSR count). The largest absolute Gasteiger partial charge is 0.466 e. The lowest BCUT2D eigenvalue weighted by Gasteiger charge is -2.22. The molecule has 0 saturated heterocycles. The van der Waals surface area contributed by atoms with Gasteiger partial charge in [-0.2, -0.15) is 5.26 Å². The minimum Gasteiger partial charge on any atom is -0.466 e. The molecule has 1 aromatic carbocycles. The van der Waals surface area contributed by atoms with Crippen LogP contribution >= 0.6 is 11.6 Å². The number of carbonyl (C=O) groups is 1. The summed E-state index contributed by atoms with van der Waals surface area (Å²) in [6.45, 7) is 0. The number of methoxy groups -OCH3 is 1. The first kappa shape index (κ1) is 14.9. The van der Waals surface area contributed by atoms with E-state index in [1.54, 1.807) is 0 Å². The Bertz CT molecular complexity index is 539. The van der Waals surface area contributed by atoms with Crippen molar-refractivity contribution in [2.24, 2.45) is 0 Å². The second kappa shape index (κ2) is 5.65. The van der Waals surface area contributed by atoms with Gasteiger partial charge < -0.3 is 9.84 Å². The SMILES string of the molecule is COC(=O)C(O)(C#N)C(Cl)c1ccc([N+](=O)[O-])cc1. The molecule has 0 heterocycles. The van der Waals surface area contributed by atoms with Gasteiger partial charge in [-0.15, -0.1) is 11.6 Å². The highest BCUT2D eigenvalue weighted by atomic mass is 35.5. The number of hydrogen-bond acceptors (Lipinski definition) is 6. The molecule has 1 aromatic rings. The van der Waals surface area contributed by atoms with Gasteiger partial charge in [-0.1, -0.05) is 12.1 Å². The number of benzene rings is 1. The zero-order valence-electron chi connectivity index (χ0n) is 9.74. The summed E-state index contributed by atoms with van der Waals surface area (Å²) in [5.41, 5.74) is -2.56. The molecular weight excluding hydrogens is 276 g/mol. The average Bonchev–Trinajstić information content (AvgIpc) is 2.44. The average molecular weight is 285 g/mol. The Morgan fingerprint density at radius 1 is 1.58 bits per heavy atom. The quantitative estimate of drug-likeness (QED) is 0.293. The molecule has 2 atom stereocenters. The van der Waals surface area contributed by atoms with Crippen molar-refractivity contribution < 1.29 is 19.6 Å². The first-order chi connectivity index (χ1) is 8.86. The van der Waals surface area contributed by atoms with E-state index in [0.29, 0.717) is 0 Å². The van der Waals surface area contributed by atoms with Gasteiger partial charge in [0.25, 0.3) is 11.3 Å². The maximum atomic E-state index is 11.4. The molecule has 0 fully saturated rings. The number of non-ortho nitro benzene ring substituents is 1. The van der Waals surface area contributed by atoms with Crippen LogP contribution in [-0.2, 0) is 9.53 Å². The molecule has 100 valence electrons. The van der Waals surface area contributed by atoms with E-state index < -0.39 is 21.9 Å². The van der Waals surface area contributed by atoms with Crippen molar-refractivity contribution in [3.05, 3.63) is 39.9 Å². The molecular formula is C11H9ClN2O5. The Kier molecular flexibility index (Phi) is 4.43. The minimum absolute atomic E-state index is 0.175. The van der Waals surface area contributed by atoms with Crippen LogP contribution in [0.2, 0.25) is 0 Å². The second-order valence-electron chi connectivity index (χ2n) is 3.58. The lowest BCUT2D eigenvalue weighted by atomic mass is 9.95. The van der Waals surface area contributed by atoms with E-state index in [-0.39, 0.29) is 11.3 Å². The highest BCUT2D eigenvalue weighted by Gasteiger charge is 2.46. The van der Waals surface area contributed by atoms with Crippen LogP contribution in [0.4, 0.5) is 5.69 Å². The fourth-order valence-corrected chi connectivity index (χ4v) is 1.65. The van der Waals surface area contributed by atoms with E-state index in [9.17, 15) is 20.0 Å². The summed E-state index contributed by atoms with van der Waals surface area (Å²) in [6.07, 6.45) is 0. The Morgan fingerprint density at radius 3 is 2.47 bits per heavy atom. The second-order valence-corrected chi connectivity index (χ2v) is 4.02. The number of hydrogen-bond donors (Lipinski definition) is 1. The molecule has 0 aliphatic heterocycles. The molecule has 0 radical (unpaired) electrons. The maximum Gasteiger partial charge on any atom is 0.354 e. The van der Waals surface area contributed by atoms with Gasteiger partial charge in [0.05, 0.1) is 12.0 Å². The lowest BCUT2D eigenvalue weighted by Crippen LogP contribution is -2.42. The van der Waals surface area contributed by atoms with E-state index in [2.05, 4.69) is 4.74 Å². The van der Waals surface area contributed by atoms with Gasteiger partial charge in [-0.05, 0) is 5.56 Å². The van der Waals surface area contributed by atoms with Crippen LogP contribution in [0.15, 0.2) is 24.3 Å². The molecule has 7 nitrogen and oxygen atoms in total. The van der Waals surface area contributed by atoms with Crippen LogP contribution in [0.5, 0.6) is 0 Å². The molecule has 0 aromatic heterocycles. The topological polar surface area (TPSA) is 113 Å². The third-order valence-corrected chi connectivity index (χ3v) is 3.00. The van der Waals surface area contributed by atoms with Crippen molar-refractivity contribution in [2.75, 3.05) is 7.11 Å². The number of nitro groups is 1. The summed E-state index contributed by atoms with van der Waals surface area (Å²) in [6, 6.07) is 6.19. The van der Waals surface area contributed by atoms with Crippen molar-refractivity contribution in [2.45, 2.75) is 11.0 Å². The Balaban J connectivity index is 3.12. The zero-order chi connectivity index (χ0) is 14.6.